The van der Waals surface area contributed by atoms with Gasteiger partial charge in [-0.3, -0.25) is 9.36 Å². The number of imidazole rings is 1. The Morgan fingerprint density at radius 2 is 1.92 bits per heavy atom. The fraction of sp³-hybridized carbons (Fsp3) is 0.421. The molecule has 0 atom stereocenters. The second-order valence-electron chi connectivity index (χ2n) is 6.70. The van der Waals surface area contributed by atoms with Gasteiger partial charge in [-0.05, 0) is 37.1 Å². The van der Waals surface area contributed by atoms with E-state index in [1.165, 1.54) is 25.7 Å². The van der Waals surface area contributed by atoms with Crippen LogP contribution >= 0.6 is 11.6 Å². The Hall–Kier alpha value is -2.14. The van der Waals surface area contributed by atoms with Crippen molar-refractivity contribution in [1.29, 1.82) is 0 Å². The number of fused-ring (bicyclic) bond motifs is 1. The van der Waals surface area contributed by atoms with E-state index in [9.17, 15) is 4.79 Å². The maximum absolute atomic E-state index is 13.2. The number of hydrogen-bond acceptors (Lipinski definition) is 3. The molecule has 130 valence electrons. The molecule has 1 fully saturated rings. The van der Waals surface area contributed by atoms with Crippen molar-refractivity contribution < 1.29 is 0 Å². The summed E-state index contributed by atoms with van der Waals surface area (Å²) in [5.41, 5.74) is 1.80. The van der Waals surface area contributed by atoms with Crippen LogP contribution in [-0.4, -0.2) is 19.1 Å². The quantitative estimate of drug-likeness (QED) is 0.710. The molecule has 0 saturated heterocycles. The molecule has 0 aliphatic heterocycles. The predicted octanol–water partition coefficient (Wildman–Crippen LogP) is 3.99. The van der Waals surface area contributed by atoms with Gasteiger partial charge in [0.2, 0.25) is 0 Å². The molecule has 1 aromatic carbocycles. The normalized spacial score (nSPS) is 15.3. The summed E-state index contributed by atoms with van der Waals surface area (Å²) in [7, 11) is 0. The van der Waals surface area contributed by atoms with E-state index in [0.29, 0.717) is 22.1 Å². The standard InChI is InChI=1S/C19H21ClN4O/c1-2-23-12-21-17-18(23)22-16(11-13-5-3-4-6-13)24(19(17)25)15-9-7-14(20)8-10-15/h7-10,12-13H,2-6,11H2,1H3. The Bertz CT molecular complexity index is 952. The molecular formula is C19H21ClN4O. The number of aryl methyl sites for hydroxylation is 1. The summed E-state index contributed by atoms with van der Waals surface area (Å²) >= 11 is 6.01. The molecule has 5 nitrogen and oxygen atoms in total. The lowest BCUT2D eigenvalue weighted by molar-refractivity contribution is 0.521. The fourth-order valence-electron chi connectivity index (χ4n) is 3.74. The van der Waals surface area contributed by atoms with E-state index in [4.69, 9.17) is 16.6 Å². The van der Waals surface area contributed by atoms with Crippen LogP contribution in [0.25, 0.3) is 16.9 Å². The van der Waals surface area contributed by atoms with E-state index in [0.717, 1.165) is 24.5 Å². The van der Waals surface area contributed by atoms with Gasteiger partial charge in [0.25, 0.3) is 5.56 Å². The highest BCUT2D eigenvalue weighted by Gasteiger charge is 2.21. The molecule has 0 N–H and O–H groups in total. The maximum atomic E-state index is 13.2. The molecular weight excluding hydrogens is 336 g/mol. The van der Waals surface area contributed by atoms with Crippen molar-refractivity contribution in [3.8, 4) is 5.69 Å². The molecule has 0 radical (unpaired) electrons. The van der Waals surface area contributed by atoms with Crippen LogP contribution in [0.15, 0.2) is 35.4 Å². The summed E-state index contributed by atoms with van der Waals surface area (Å²) in [5, 5.41) is 0.651. The van der Waals surface area contributed by atoms with Crippen molar-refractivity contribution in [1.82, 2.24) is 19.1 Å². The van der Waals surface area contributed by atoms with Gasteiger partial charge in [0.15, 0.2) is 11.2 Å². The lowest BCUT2D eigenvalue weighted by Gasteiger charge is -2.15. The molecule has 1 aliphatic carbocycles. The van der Waals surface area contributed by atoms with Crippen LogP contribution in [0.4, 0.5) is 0 Å². The smallest absolute Gasteiger partial charge is 0.286 e. The lowest BCUT2D eigenvalue weighted by Crippen LogP contribution is -2.25. The van der Waals surface area contributed by atoms with Gasteiger partial charge in [-0.15, -0.1) is 0 Å². The van der Waals surface area contributed by atoms with Crippen LogP contribution in [0.3, 0.4) is 0 Å². The van der Waals surface area contributed by atoms with E-state index in [1.807, 2.05) is 23.6 Å². The third kappa shape index (κ3) is 2.97. The number of rotatable bonds is 4. The molecule has 4 rings (SSSR count). The highest BCUT2D eigenvalue weighted by molar-refractivity contribution is 6.30. The second kappa shape index (κ2) is 6.64. The lowest BCUT2D eigenvalue weighted by atomic mass is 10.0. The van der Waals surface area contributed by atoms with E-state index in [2.05, 4.69) is 4.98 Å². The average Bonchev–Trinajstić information content (AvgIpc) is 3.26. The fourth-order valence-corrected chi connectivity index (χ4v) is 3.86. The van der Waals surface area contributed by atoms with Crippen molar-refractivity contribution >= 4 is 22.8 Å². The zero-order valence-electron chi connectivity index (χ0n) is 14.3. The van der Waals surface area contributed by atoms with Gasteiger partial charge < -0.3 is 4.57 Å². The minimum atomic E-state index is -0.104. The van der Waals surface area contributed by atoms with Crippen molar-refractivity contribution in [3.63, 3.8) is 0 Å². The molecule has 0 unspecified atom stereocenters. The third-order valence-corrected chi connectivity index (χ3v) is 5.33. The summed E-state index contributed by atoms with van der Waals surface area (Å²) in [6.45, 7) is 2.78. The zero-order chi connectivity index (χ0) is 17.4. The van der Waals surface area contributed by atoms with E-state index in [1.54, 1.807) is 23.0 Å². The Morgan fingerprint density at radius 1 is 1.20 bits per heavy atom. The second-order valence-corrected chi connectivity index (χ2v) is 7.14. The Labute approximate surface area is 151 Å². The largest absolute Gasteiger partial charge is 0.315 e. The number of hydrogen-bond donors (Lipinski definition) is 0. The third-order valence-electron chi connectivity index (χ3n) is 5.08. The molecule has 0 bridgehead atoms. The van der Waals surface area contributed by atoms with Gasteiger partial charge in [-0.25, -0.2) is 9.97 Å². The van der Waals surface area contributed by atoms with Crippen LogP contribution in [-0.2, 0) is 13.0 Å². The van der Waals surface area contributed by atoms with Crippen molar-refractivity contribution in [3.05, 3.63) is 51.8 Å². The first-order chi connectivity index (χ1) is 12.2. The van der Waals surface area contributed by atoms with Crippen LogP contribution in [0.2, 0.25) is 5.02 Å². The van der Waals surface area contributed by atoms with E-state index < -0.39 is 0 Å². The molecule has 1 aliphatic rings. The first-order valence-corrected chi connectivity index (χ1v) is 9.28. The molecule has 2 heterocycles. The highest BCUT2D eigenvalue weighted by Crippen LogP contribution is 2.28. The van der Waals surface area contributed by atoms with Crippen molar-refractivity contribution in [2.45, 2.75) is 45.6 Å². The van der Waals surface area contributed by atoms with Gasteiger partial charge in [0, 0.05) is 18.0 Å². The number of nitrogens with zero attached hydrogens (tertiary/aromatic N) is 4. The molecule has 3 aromatic rings. The highest BCUT2D eigenvalue weighted by atomic mass is 35.5. The Balaban J connectivity index is 1.92. The summed E-state index contributed by atoms with van der Waals surface area (Å²) in [5.74, 6) is 1.42. The topological polar surface area (TPSA) is 52.7 Å². The number of aromatic nitrogens is 4. The summed E-state index contributed by atoms with van der Waals surface area (Å²) in [6.07, 6.45) is 7.48. The van der Waals surface area contributed by atoms with Crippen molar-refractivity contribution in [2.75, 3.05) is 0 Å². The molecule has 0 spiro atoms. The molecule has 0 amide bonds. The van der Waals surface area contributed by atoms with Crippen LogP contribution in [0.5, 0.6) is 0 Å². The average molecular weight is 357 g/mol. The summed E-state index contributed by atoms with van der Waals surface area (Å²) in [4.78, 5) is 22.3. The molecule has 25 heavy (non-hydrogen) atoms. The van der Waals surface area contributed by atoms with Gasteiger partial charge >= 0.3 is 0 Å². The Morgan fingerprint density at radius 3 is 2.60 bits per heavy atom. The van der Waals surface area contributed by atoms with Gasteiger partial charge in [-0.1, -0.05) is 37.3 Å². The molecule has 6 heteroatoms. The molecule has 1 saturated carbocycles. The number of benzene rings is 1. The van der Waals surface area contributed by atoms with Crippen LogP contribution < -0.4 is 5.56 Å². The van der Waals surface area contributed by atoms with E-state index >= 15 is 0 Å². The van der Waals surface area contributed by atoms with Crippen LogP contribution in [0.1, 0.15) is 38.4 Å². The molecule has 2 aromatic heterocycles. The summed E-state index contributed by atoms with van der Waals surface area (Å²) in [6, 6.07) is 7.34. The first kappa shape index (κ1) is 16.3. The predicted molar refractivity (Wildman–Crippen MR) is 99.5 cm³/mol. The Kier molecular flexibility index (Phi) is 4.34. The summed E-state index contributed by atoms with van der Waals surface area (Å²) < 4.78 is 3.64. The van der Waals surface area contributed by atoms with E-state index in [-0.39, 0.29) is 5.56 Å². The van der Waals surface area contributed by atoms with Crippen LogP contribution in [0, 0.1) is 5.92 Å². The zero-order valence-corrected chi connectivity index (χ0v) is 15.0. The SMILES string of the molecule is CCn1cnc2c(=O)n(-c3ccc(Cl)cc3)c(CC3CCCC3)nc21. The number of halogens is 1. The minimum Gasteiger partial charge on any atom is -0.315 e. The van der Waals surface area contributed by atoms with Gasteiger partial charge in [-0.2, -0.15) is 0 Å². The van der Waals surface area contributed by atoms with Gasteiger partial charge in [0.05, 0.1) is 12.0 Å². The first-order valence-electron chi connectivity index (χ1n) is 8.90. The van der Waals surface area contributed by atoms with Gasteiger partial charge in [0.1, 0.15) is 5.82 Å². The minimum absolute atomic E-state index is 0.104. The van der Waals surface area contributed by atoms with Crippen molar-refractivity contribution in [2.24, 2.45) is 5.92 Å². The monoisotopic (exact) mass is 356 g/mol. The maximum Gasteiger partial charge on any atom is 0.286 e.